The Morgan fingerprint density at radius 1 is 0.976 bits per heavy atom. The molecule has 0 saturated heterocycles. The molecule has 1 N–H and O–H groups in total. The SMILES string of the molecule is COc1ccc(NC(=O)O[C@@H]2CCC[C@H]2Oc2cc3sc(-c4cc(C)cc5nc(OC)cnc45)nc3cc2F)cn1. The summed E-state index contributed by atoms with van der Waals surface area (Å²) in [7, 11) is 3.06. The second-order valence-corrected chi connectivity index (χ2v) is 10.6. The number of anilines is 1. The van der Waals surface area contributed by atoms with Gasteiger partial charge in [-0.1, -0.05) is 0 Å². The van der Waals surface area contributed by atoms with Crippen LogP contribution >= 0.6 is 11.3 Å². The van der Waals surface area contributed by atoms with E-state index in [1.54, 1.807) is 31.5 Å². The van der Waals surface area contributed by atoms with Crippen molar-refractivity contribution >= 4 is 44.4 Å². The summed E-state index contributed by atoms with van der Waals surface area (Å²) in [6, 6.07) is 10.2. The smallest absolute Gasteiger partial charge is 0.412 e. The first kappa shape index (κ1) is 26.6. The number of benzene rings is 2. The Balaban J connectivity index is 1.21. The molecule has 210 valence electrons. The monoisotopic (exact) mass is 575 g/mol. The van der Waals surface area contributed by atoms with Crippen LogP contribution < -0.4 is 19.5 Å². The molecule has 1 aliphatic rings. The number of methoxy groups -OCH3 is 2. The van der Waals surface area contributed by atoms with Gasteiger partial charge in [0.25, 0.3) is 0 Å². The topological polar surface area (TPSA) is 118 Å². The van der Waals surface area contributed by atoms with Crippen LogP contribution in [0.15, 0.2) is 48.8 Å². The van der Waals surface area contributed by atoms with Crippen molar-refractivity contribution < 1.29 is 28.1 Å². The van der Waals surface area contributed by atoms with E-state index in [1.165, 1.54) is 30.7 Å². The highest BCUT2D eigenvalue weighted by molar-refractivity contribution is 7.21. The van der Waals surface area contributed by atoms with Crippen molar-refractivity contribution in [2.75, 3.05) is 19.5 Å². The summed E-state index contributed by atoms with van der Waals surface area (Å²) in [5.41, 5.74) is 4.15. The van der Waals surface area contributed by atoms with Crippen molar-refractivity contribution in [1.29, 1.82) is 0 Å². The number of amides is 1. The molecule has 0 radical (unpaired) electrons. The molecular weight excluding hydrogens is 549 g/mol. The molecule has 10 nitrogen and oxygen atoms in total. The Bertz CT molecular complexity index is 1750. The minimum Gasteiger partial charge on any atom is -0.483 e. The molecule has 0 bridgehead atoms. The molecule has 5 aromatic rings. The number of nitrogens with zero attached hydrogens (tertiary/aromatic N) is 4. The van der Waals surface area contributed by atoms with Crippen molar-refractivity contribution in [3.8, 4) is 28.1 Å². The third-order valence-electron chi connectivity index (χ3n) is 6.77. The zero-order chi connectivity index (χ0) is 28.5. The minimum absolute atomic E-state index is 0.0894. The predicted octanol–water partition coefficient (Wildman–Crippen LogP) is 6.31. The van der Waals surface area contributed by atoms with E-state index in [0.29, 0.717) is 51.8 Å². The van der Waals surface area contributed by atoms with Gasteiger partial charge in [-0.15, -0.1) is 11.3 Å². The van der Waals surface area contributed by atoms with Crippen LogP contribution in [0.2, 0.25) is 0 Å². The number of carbonyl (C=O) groups excluding carboxylic acids is 1. The number of thiazole rings is 1. The molecule has 0 spiro atoms. The van der Waals surface area contributed by atoms with Gasteiger partial charge in [0.2, 0.25) is 11.8 Å². The molecule has 1 amide bonds. The first-order valence-corrected chi connectivity index (χ1v) is 13.8. The lowest BCUT2D eigenvalue weighted by molar-refractivity contribution is 0.0401. The van der Waals surface area contributed by atoms with Gasteiger partial charge >= 0.3 is 6.09 Å². The lowest BCUT2D eigenvalue weighted by Gasteiger charge is -2.22. The second kappa shape index (κ2) is 11.1. The standard InChI is InChI=1S/C29H26FN5O5S/c1-15-9-17(27-20(10-15)34-26(38-3)14-32-27)28-35-19-11-18(30)23(12-24(19)41-28)39-21-5-4-6-22(21)40-29(36)33-16-7-8-25(37-2)31-13-16/h7-14,21-22H,4-6H2,1-3H3,(H,33,36)/t21-,22-/m1/s1. The van der Waals surface area contributed by atoms with Gasteiger partial charge in [-0.3, -0.25) is 5.32 Å². The van der Waals surface area contributed by atoms with Crippen molar-refractivity contribution in [3.63, 3.8) is 0 Å². The number of halogens is 1. The Labute approximate surface area is 238 Å². The van der Waals surface area contributed by atoms with E-state index in [4.69, 9.17) is 18.9 Å². The van der Waals surface area contributed by atoms with Gasteiger partial charge in [0.1, 0.15) is 17.2 Å². The predicted molar refractivity (Wildman–Crippen MR) is 152 cm³/mol. The summed E-state index contributed by atoms with van der Waals surface area (Å²) in [5, 5.41) is 3.34. The maximum absolute atomic E-state index is 15.2. The highest BCUT2D eigenvalue weighted by Crippen LogP contribution is 2.38. The fourth-order valence-electron chi connectivity index (χ4n) is 4.83. The molecule has 0 unspecified atom stereocenters. The zero-order valence-electron chi connectivity index (χ0n) is 22.5. The van der Waals surface area contributed by atoms with Crippen molar-refractivity contribution in [2.24, 2.45) is 0 Å². The van der Waals surface area contributed by atoms with Crippen LogP contribution in [0.5, 0.6) is 17.5 Å². The fourth-order valence-corrected chi connectivity index (χ4v) is 5.82. The molecule has 0 aliphatic heterocycles. The number of nitrogens with one attached hydrogen (secondary N) is 1. The van der Waals surface area contributed by atoms with Crippen molar-refractivity contribution in [2.45, 2.75) is 38.4 Å². The molecule has 2 aromatic carbocycles. The van der Waals surface area contributed by atoms with E-state index >= 15 is 4.39 Å². The highest BCUT2D eigenvalue weighted by Gasteiger charge is 2.33. The molecule has 3 aromatic heterocycles. The molecule has 12 heteroatoms. The van der Waals surface area contributed by atoms with Gasteiger partial charge in [-0.2, -0.15) is 0 Å². The Hall–Kier alpha value is -4.58. The number of aryl methyl sites for hydroxylation is 1. The minimum atomic E-state index is -0.633. The maximum atomic E-state index is 15.2. The van der Waals surface area contributed by atoms with Crippen LogP contribution in [-0.4, -0.2) is 52.5 Å². The summed E-state index contributed by atoms with van der Waals surface area (Å²) >= 11 is 1.41. The van der Waals surface area contributed by atoms with E-state index in [-0.39, 0.29) is 5.75 Å². The van der Waals surface area contributed by atoms with Gasteiger partial charge in [0.05, 0.1) is 53.6 Å². The average molecular weight is 576 g/mol. The average Bonchev–Trinajstić information content (AvgIpc) is 3.58. The number of fused-ring (bicyclic) bond motifs is 2. The fraction of sp³-hybridized carbons (Fsp3) is 0.276. The number of carbonyl (C=O) groups is 1. The molecule has 41 heavy (non-hydrogen) atoms. The molecule has 3 heterocycles. The molecule has 1 saturated carbocycles. The van der Waals surface area contributed by atoms with Crippen LogP contribution in [-0.2, 0) is 4.74 Å². The summed E-state index contributed by atoms with van der Waals surface area (Å²) < 4.78 is 37.9. The van der Waals surface area contributed by atoms with Crippen LogP contribution in [0.3, 0.4) is 0 Å². The molecule has 1 fully saturated rings. The van der Waals surface area contributed by atoms with E-state index in [0.717, 1.165) is 22.2 Å². The quantitative estimate of drug-likeness (QED) is 0.238. The van der Waals surface area contributed by atoms with E-state index in [1.807, 2.05) is 19.1 Å². The Kier molecular flexibility index (Phi) is 7.23. The lowest BCUT2D eigenvalue weighted by Crippen LogP contribution is -2.32. The summed E-state index contributed by atoms with van der Waals surface area (Å²) in [4.78, 5) is 30.3. The zero-order valence-corrected chi connectivity index (χ0v) is 23.3. The molecule has 2 atom stereocenters. The summed E-state index contributed by atoms with van der Waals surface area (Å²) in [5.74, 6) is 0.410. The van der Waals surface area contributed by atoms with Crippen LogP contribution in [0, 0.1) is 12.7 Å². The van der Waals surface area contributed by atoms with Gasteiger partial charge in [0, 0.05) is 23.8 Å². The first-order chi connectivity index (χ1) is 19.9. The number of ether oxygens (including phenoxy) is 4. The van der Waals surface area contributed by atoms with Crippen molar-refractivity contribution in [1.82, 2.24) is 19.9 Å². The number of hydrogen-bond donors (Lipinski definition) is 1. The first-order valence-electron chi connectivity index (χ1n) is 13.0. The molecular formula is C29H26FN5O5S. The Morgan fingerprint density at radius 2 is 1.80 bits per heavy atom. The lowest BCUT2D eigenvalue weighted by atomic mass is 10.1. The highest BCUT2D eigenvalue weighted by atomic mass is 32.1. The van der Waals surface area contributed by atoms with Gasteiger partial charge in [-0.25, -0.2) is 29.1 Å². The van der Waals surface area contributed by atoms with Crippen LogP contribution in [0.1, 0.15) is 24.8 Å². The third-order valence-corrected chi connectivity index (χ3v) is 7.82. The van der Waals surface area contributed by atoms with Gasteiger partial charge in [0.15, 0.2) is 11.6 Å². The largest absolute Gasteiger partial charge is 0.483 e. The number of pyridine rings is 1. The number of hydrogen-bond acceptors (Lipinski definition) is 10. The van der Waals surface area contributed by atoms with Crippen molar-refractivity contribution in [3.05, 3.63) is 60.2 Å². The van der Waals surface area contributed by atoms with Crippen LogP contribution in [0.25, 0.3) is 31.8 Å². The van der Waals surface area contributed by atoms with E-state index in [2.05, 4.69) is 25.3 Å². The van der Waals surface area contributed by atoms with E-state index < -0.39 is 24.1 Å². The molecule has 1 aliphatic carbocycles. The molecule has 6 rings (SSSR count). The maximum Gasteiger partial charge on any atom is 0.412 e. The second-order valence-electron chi connectivity index (χ2n) is 9.61. The third kappa shape index (κ3) is 5.55. The summed E-state index contributed by atoms with van der Waals surface area (Å²) in [6.07, 6.45) is 3.42. The normalized spacial score (nSPS) is 16.6. The Morgan fingerprint density at radius 3 is 2.59 bits per heavy atom. The number of rotatable bonds is 7. The summed E-state index contributed by atoms with van der Waals surface area (Å²) in [6.45, 7) is 1.97. The van der Waals surface area contributed by atoms with Gasteiger partial charge < -0.3 is 18.9 Å². The number of aromatic nitrogens is 4. The van der Waals surface area contributed by atoms with Gasteiger partial charge in [-0.05, 0) is 49.9 Å². The van der Waals surface area contributed by atoms with E-state index in [9.17, 15) is 4.79 Å². The van der Waals surface area contributed by atoms with Crippen LogP contribution in [0.4, 0.5) is 14.9 Å².